The molecular formula is C21H24. The molecule has 0 nitrogen and oxygen atoms in total. The van der Waals surface area contributed by atoms with E-state index in [1.54, 1.807) is 22.3 Å². The van der Waals surface area contributed by atoms with Crippen molar-refractivity contribution in [2.45, 2.75) is 58.3 Å². The van der Waals surface area contributed by atoms with E-state index in [2.05, 4.69) is 51.1 Å². The summed E-state index contributed by atoms with van der Waals surface area (Å²) in [5.41, 5.74) is 8.27. The van der Waals surface area contributed by atoms with Gasteiger partial charge >= 0.3 is 0 Å². The van der Waals surface area contributed by atoms with Crippen LogP contribution < -0.4 is 10.4 Å². The molecule has 3 aliphatic rings. The minimum atomic E-state index is 0.227. The van der Waals surface area contributed by atoms with E-state index >= 15 is 0 Å². The molecule has 0 fully saturated rings. The van der Waals surface area contributed by atoms with Crippen molar-refractivity contribution < 1.29 is 0 Å². The highest BCUT2D eigenvalue weighted by molar-refractivity contribution is 5.80. The minimum Gasteiger partial charge on any atom is -0.0807 e. The van der Waals surface area contributed by atoms with Crippen molar-refractivity contribution in [3.63, 3.8) is 0 Å². The van der Waals surface area contributed by atoms with Gasteiger partial charge in [-0.15, -0.1) is 0 Å². The van der Waals surface area contributed by atoms with E-state index in [0.29, 0.717) is 0 Å². The first kappa shape index (κ1) is 13.1. The fourth-order valence-corrected chi connectivity index (χ4v) is 4.02. The second kappa shape index (κ2) is 4.47. The van der Waals surface area contributed by atoms with Crippen molar-refractivity contribution in [3.05, 3.63) is 57.0 Å². The number of fused-ring (bicyclic) bond motifs is 3. The molecule has 0 spiro atoms. The highest BCUT2D eigenvalue weighted by Gasteiger charge is 2.27. The average Bonchev–Trinajstić information content (AvgIpc) is 2.84. The molecule has 0 atom stereocenters. The van der Waals surface area contributed by atoms with Gasteiger partial charge in [-0.1, -0.05) is 51.1 Å². The SMILES string of the molecule is CC(C)(C)c1ccc2c(c1)=C1CC3=CCCCC3=C1CC=2. The molecule has 0 aliphatic heterocycles. The maximum Gasteiger partial charge on any atom is -0.00170 e. The quantitative estimate of drug-likeness (QED) is 0.668. The number of hydrogen-bond donors (Lipinski definition) is 0. The van der Waals surface area contributed by atoms with Crippen LogP contribution in [0.4, 0.5) is 0 Å². The minimum absolute atomic E-state index is 0.227. The average molecular weight is 276 g/mol. The van der Waals surface area contributed by atoms with Crippen LogP contribution in [0.15, 0.2) is 41.0 Å². The molecular weight excluding hydrogens is 252 g/mol. The van der Waals surface area contributed by atoms with Crippen molar-refractivity contribution in [2.75, 3.05) is 0 Å². The zero-order chi connectivity index (χ0) is 14.6. The molecule has 0 radical (unpaired) electrons. The van der Waals surface area contributed by atoms with Gasteiger partial charge in [0, 0.05) is 0 Å². The molecule has 0 amide bonds. The van der Waals surface area contributed by atoms with Crippen molar-refractivity contribution in [2.24, 2.45) is 0 Å². The molecule has 0 heteroatoms. The Bertz CT molecular complexity index is 791. The van der Waals surface area contributed by atoms with Crippen LogP contribution in [-0.4, -0.2) is 0 Å². The Labute approximate surface area is 127 Å². The summed E-state index contributed by atoms with van der Waals surface area (Å²) in [4.78, 5) is 0. The summed E-state index contributed by atoms with van der Waals surface area (Å²) < 4.78 is 0. The van der Waals surface area contributed by atoms with Crippen LogP contribution in [0, 0.1) is 0 Å². The second-order valence-electron chi connectivity index (χ2n) is 7.69. The lowest BCUT2D eigenvalue weighted by Crippen LogP contribution is -2.31. The lowest BCUT2D eigenvalue weighted by atomic mass is 9.84. The van der Waals surface area contributed by atoms with E-state index in [9.17, 15) is 0 Å². The van der Waals surface area contributed by atoms with Crippen LogP contribution in [-0.2, 0) is 5.41 Å². The summed E-state index contributed by atoms with van der Waals surface area (Å²) in [5.74, 6) is 0. The standard InChI is InChI=1S/C21H24/c1-21(2,3)16-10-8-14-9-11-18-17-7-5-4-6-15(17)12-20(18)19(14)13-16/h6,8-10,13H,4-5,7,11-12H2,1-3H3. The molecule has 3 aliphatic carbocycles. The van der Waals surface area contributed by atoms with Gasteiger partial charge in [-0.3, -0.25) is 0 Å². The van der Waals surface area contributed by atoms with Gasteiger partial charge in [-0.25, -0.2) is 0 Å². The molecule has 0 saturated carbocycles. The van der Waals surface area contributed by atoms with E-state index in [4.69, 9.17) is 0 Å². The summed E-state index contributed by atoms with van der Waals surface area (Å²) >= 11 is 0. The largest absolute Gasteiger partial charge is 0.0807 e. The molecule has 1 aromatic rings. The number of allylic oxidation sites excluding steroid dienone is 4. The van der Waals surface area contributed by atoms with Gasteiger partial charge in [0.05, 0.1) is 0 Å². The molecule has 108 valence electrons. The Morgan fingerprint density at radius 1 is 0.952 bits per heavy atom. The third kappa shape index (κ3) is 2.04. The molecule has 0 N–H and O–H groups in total. The maximum atomic E-state index is 2.49. The van der Waals surface area contributed by atoms with Crippen LogP contribution in [0.3, 0.4) is 0 Å². The van der Waals surface area contributed by atoms with Crippen LogP contribution in [0.5, 0.6) is 0 Å². The molecule has 0 unspecified atom stereocenters. The van der Waals surface area contributed by atoms with Crippen molar-refractivity contribution >= 4 is 11.6 Å². The van der Waals surface area contributed by atoms with E-state index < -0.39 is 0 Å². The normalized spacial score (nSPS) is 20.5. The molecule has 4 rings (SSSR count). The lowest BCUT2D eigenvalue weighted by molar-refractivity contribution is 0.589. The predicted octanol–water partition coefficient (Wildman–Crippen LogP) is 4.13. The smallest absolute Gasteiger partial charge is 0.00170 e. The first-order valence-electron chi connectivity index (χ1n) is 8.30. The van der Waals surface area contributed by atoms with E-state index in [-0.39, 0.29) is 5.41 Å². The number of rotatable bonds is 0. The topological polar surface area (TPSA) is 0 Å². The van der Waals surface area contributed by atoms with Crippen LogP contribution in [0.1, 0.15) is 58.4 Å². The second-order valence-corrected chi connectivity index (χ2v) is 7.69. The molecule has 0 bridgehead atoms. The lowest BCUT2D eigenvalue weighted by Gasteiger charge is -2.20. The van der Waals surface area contributed by atoms with Gasteiger partial charge in [0.25, 0.3) is 0 Å². The Kier molecular flexibility index (Phi) is 2.79. The number of benzene rings is 1. The molecule has 0 heterocycles. The predicted molar refractivity (Wildman–Crippen MR) is 90.5 cm³/mol. The van der Waals surface area contributed by atoms with Gasteiger partial charge in [-0.05, 0) is 75.8 Å². The van der Waals surface area contributed by atoms with Gasteiger partial charge in [0.15, 0.2) is 0 Å². The van der Waals surface area contributed by atoms with E-state index in [0.717, 1.165) is 6.42 Å². The van der Waals surface area contributed by atoms with Gasteiger partial charge in [-0.2, -0.15) is 0 Å². The molecule has 0 aromatic heterocycles. The van der Waals surface area contributed by atoms with Crippen LogP contribution >= 0.6 is 0 Å². The summed E-state index contributed by atoms with van der Waals surface area (Å²) in [7, 11) is 0. The molecule has 0 saturated heterocycles. The van der Waals surface area contributed by atoms with Crippen LogP contribution in [0.2, 0.25) is 0 Å². The van der Waals surface area contributed by atoms with E-state index in [1.807, 2.05) is 0 Å². The third-order valence-corrected chi connectivity index (χ3v) is 5.28. The van der Waals surface area contributed by atoms with Gasteiger partial charge in [0.2, 0.25) is 0 Å². The monoisotopic (exact) mass is 276 g/mol. The fraction of sp³-hybridized carbons (Fsp3) is 0.429. The Morgan fingerprint density at radius 3 is 2.62 bits per heavy atom. The first-order chi connectivity index (χ1) is 10.0. The van der Waals surface area contributed by atoms with Crippen LogP contribution in [0.25, 0.3) is 11.6 Å². The summed E-state index contributed by atoms with van der Waals surface area (Å²) in [5, 5.41) is 2.95. The van der Waals surface area contributed by atoms with E-state index in [1.165, 1.54) is 41.7 Å². The third-order valence-electron chi connectivity index (χ3n) is 5.28. The van der Waals surface area contributed by atoms with Gasteiger partial charge < -0.3 is 0 Å². The summed E-state index contributed by atoms with van der Waals surface area (Å²) in [6, 6.07) is 7.11. The Hall–Kier alpha value is -1.56. The fourth-order valence-electron chi connectivity index (χ4n) is 4.02. The molecule has 21 heavy (non-hydrogen) atoms. The van der Waals surface area contributed by atoms with Crippen molar-refractivity contribution in [1.82, 2.24) is 0 Å². The Balaban J connectivity index is 1.99. The zero-order valence-electron chi connectivity index (χ0n) is 13.4. The molecule has 1 aromatic carbocycles. The Morgan fingerprint density at radius 2 is 1.81 bits per heavy atom. The van der Waals surface area contributed by atoms with Crippen molar-refractivity contribution in [3.8, 4) is 0 Å². The summed E-state index contributed by atoms with van der Waals surface area (Å²) in [6.45, 7) is 6.92. The summed E-state index contributed by atoms with van der Waals surface area (Å²) in [6.07, 6.45) is 11.2. The highest BCUT2D eigenvalue weighted by atomic mass is 14.3. The van der Waals surface area contributed by atoms with Crippen molar-refractivity contribution in [1.29, 1.82) is 0 Å². The maximum absolute atomic E-state index is 2.49. The number of hydrogen-bond acceptors (Lipinski definition) is 0. The zero-order valence-corrected chi connectivity index (χ0v) is 13.4. The first-order valence-corrected chi connectivity index (χ1v) is 8.30. The van der Waals surface area contributed by atoms with Gasteiger partial charge in [0.1, 0.15) is 0 Å². The highest BCUT2D eigenvalue weighted by Crippen LogP contribution is 2.43.